The van der Waals surface area contributed by atoms with E-state index in [4.69, 9.17) is 0 Å². The number of anilines is 4. The van der Waals surface area contributed by atoms with Crippen LogP contribution in [0.2, 0.25) is 0 Å². The molecule has 0 aliphatic heterocycles. The fourth-order valence-corrected chi connectivity index (χ4v) is 8.16. The lowest BCUT2D eigenvalue weighted by atomic mass is 10.3. The van der Waals surface area contributed by atoms with Crippen LogP contribution >= 0.6 is 44.3 Å². The van der Waals surface area contributed by atoms with Gasteiger partial charge in [-0.3, -0.25) is 19.0 Å². The summed E-state index contributed by atoms with van der Waals surface area (Å²) in [6.45, 7) is 0. The van der Waals surface area contributed by atoms with E-state index in [0.29, 0.717) is 11.4 Å². The van der Waals surface area contributed by atoms with Crippen LogP contribution in [0.3, 0.4) is 0 Å². The Bertz CT molecular complexity index is 1520. The van der Waals surface area contributed by atoms with Gasteiger partial charge in [0.2, 0.25) is 11.8 Å². The molecule has 0 spiro atoms. The monoisotopic (exact) mass is 656 g/mol. The second-order valence-corrected chi connectivity index (χ2v) is 15.2. The molecule has 0 unspecified atom stereocenters. The second-order valence-electron chi connectivity index (χ2n) is 7.55. The summed E-state index contributed by atoms with van der Waals surface area (Å²) >= 11 is 2.32. The van der Waals surface area contributed by atoms with Crippen LogP contribution in [0.1, 0.15) is 0 Å². The highest BCUT2D eigenvalue weighted by atomic mass is 33.1. The third kappa shape index (κ3) is 8.67. The van der Waals surface area contributed by atoms with Gasteiger partial charge in [0.25, 0.3) is 20.0 Å². The van der Waals surface area contributed by atoms with Crippen molar-refractivity contribution in [1.29, 1.82) is 0 Å². The molecule has 4 N–H and O–H groups in total. The van der Waals surface area contributed by atoms with Gasteiger partial charge in [0.15, 0.2) is 10.3 Å². The molecule has 0 bridgehead atoms. The minimum atomic E-state index is -3.79. The molecule has 0 aliphatic rings. The standard InChI is InChI=1S/C22H20N6O6S6/c29-19(25-15-1-5-17(6-2-15)39(31,32)27-21-23-9-11-35-21)13-37-38-14-20(30)26-16-3-7-18(8-4-16)40(33,34)28-22-24-10-12-36-22/h1-12H,13-14H2,(H,23,27)(H,24,28)(H,25,29)(H,26,30). The molecular weight excluding hydrogens is 637 g/mol. The van der Waals surface area contributed by atoms with Gasteiger partial charge < -0.3 is 10.6 Å². The summed E-state index contributed by atoms with van der Waals surface area (Å²) in [6.07, 6.45) is 2.98. The molecule has 2 aromatic heterocycles. The van der Waals surface area contributed by atoms with Crippen LogP contribution in [0.25, 0.3) is 0 Å². The number of thiazole rings is 2. The van der Waals surface area contributed by atoms with E-state index in [1.165, 1.54) is 82.5 Å². The molecule has 2 heterocycles. The van der Waals surface area contributed by atoms with E-state index in [0.717, 1.165) is 22.7 Å². The third-order valence-corrected chi connectivity index (χ3v) is 11.1. The van der Waals surface area contributed by atoms with Gasteiger partial charge in [0.1, 0.15) is 0 Å². The third-order valence-electron chi connectivity index (χ3n) is 4.67. The van der Waals surface area contributed by atoms with Crippen molar-refractivity contribution in [3.63, 3.8) is 0 Å². The van der Waals surface area contributed by atoms with Gasteiger partial charge in [-0.1, -0.05) is 21.6 Å². The Balaban J connectivity index is 1.16. The van der Waals surface area contributed by atoms with Crippen molar-refractivity contribution in [2.75, 3.05) is 31.6 Å². The van der Waals surface area contributed by atoms with E-state index in [1.807, 2.05) is 0 Å². The Morgan fingerprint density at radius 2 is 1.02 bits per heavy atom. The topological polar surface area (TPSA) is 176 Å². The Kier molecular flexibility index (Phi) is 10.0. The maximum absolute atomic E-state index is 12.4. The molecule has 2 aromatic carbocycles. The number of nitrogens with zero attached hydrogens (tertiary/aromatic N) is 2. The van der Waals surface area contributed by atoms with E-state index in [1.54, 1.807) is 10.8 Å². The molecule has 4 aromatic rings. The van der Waals surface area contributed by atoms with Gasteiger partial charge in [0.05, 0.1) is 21.3 Å². The zero-order valence-corrected chi connectivity index (χ0v) is 25.0. The number of sulfonamides is 2. The van der Waals surface area contributed by atoms with E-state index >= 15 is 0 Å². The molecular formula is C22H20N6O6S6. The van der Waals surface area contributed by atoms with Crippen molar-refractivity contribution >= 4 is 97.8 Å². The predicted molar refractivity (Wildman–Crippen MR) is 161 cm³/mol. The van der Waals surface area contributed by atoms with Crippen LogP contribution in [-0.2, 0) is 29.6 Å². The average molecular weight is 657 g/mol. The lowest BCUT2D eigenvalue weighted by Crippen LogP contribution is -2.16. The number of carbonyl (C=O) groups is 2. The molecule has 0 fully saturated rings. The first kappa shape index (κ1) is 29.8. The Morgan fingerprint density at radius 1 is 0.650 bits per heavy atom. The van der Waals surface area contributed by atoms with Gasteiger partial charge >= 0.3 is 0 Å². The van der Waals surface area contributed by atoms with Crippen molar-refractivity contribution < 1.29 is 26.4 Å². The van der Waals surface area contributed by atoms with Crippen LogP contribution in [0.4, 0.5) is 21.6 Å². The quantitative estimate of drug-likeness (QED) is 0.121. The van der Waals surface area contributed by atoms with Crippen molar-refractivity contribution in [2.45, 2.75) is 9.79 Å². The maximum atomic E-state index is 12.4. The summed E-state index contributed by atoms with van der Waals surface area (Å²) in [4.78, 5) is 32.3. The lowest BCUT2D eigenvalue weighted by molar-refractivity contribution is -0.114. The lowest BCUT2D eigenvalue weighted by Gasteiger charge is -2.08. The first-order valence-corrected chi connectivity index (χ1v) is 18.2. The number of amides is 2. The SMILES string of the molecule is O=C(CSSCC(=O)Nc1ccc(S(=O)(=O)Nc2nccs2)cc1)Nc1ccc(S(=O)(=O)Nc2nccs2)cc1. The fourth-order valence-electron chi connectivity index (χ4n) is 2.91. The Labute approximate surface area is 245 Å². The van der Waals surface area contributed by atoms with Gasteiger partial charge in [-0.05, 0) is 48.5 Å². The second kappa shape index (κ2) is 13.5. The van der Waals surface area contributed by atoms with Gasteiger partial charge in [-0.2, -0.15) is 0 Å². The van der Waals surface area contributed by atoms with Crippen molar-refractivity contribution in [2.24, 2.45) is 0 Å². The molecule has 210 valence electrons. The van der Waals surface area contributed by atoms with E-state index in [9.17, 15) is 26.4 Å². The Morgan fingerprint density at radius 3 is 1.35 bits per heavy atom. The average Bonchev–Trinajstić information content (AvgIpc) is 3.61. The molecule has 2 amide bonds. The zero-order valence-electron chi connectivity index (χ0n) is 20.1. The minimum absolute atomic E-state index is 0.0280. The summed E-state index contributed by atoms with van der Waals surface area (Å²) in [5.74, 6) is -0.528. The number of hydrogen-bond acceptors (Lipinski definition) is 12. The van der Waals surface area contributed by atoms with E-state index in [-0.39, 0.29) is 43.4 Å². The summed E-state index contributed by atoms with van der Waals surface area (Å²) in [7, 11) is -5.22. The maximum Gasteiger partial charge on any atom is 0.263 e. The molecule has 40 heavy (non-hydrogen) atoms. The van der Waals surface area contributed by atoms with Crippen LogP contribution in [-0.4, -0.2) is 50.1 Å². The highest BCUT2D eigenvalue weighted by Gasteiger charge is 2.17. The predicted octanol–water partition coefficient (Wildman–Crippen LogP) is 4.16. The zero-order chi connectivity index (χ0) is 28.6. The van der Waals surface area contributed by atoms with Crippen molar-refractivity contribution in [3.05, 3.63) is 71.7 Å². The molecule has 4 rings (SSSR count). The highest BCUT2D eigenvalue weighted by Crippen LogP contribution is 2.24. The highest BCUT2D eigenvalue weighted by molar-refractivity contribution is 8.77. The summed E-state index contributed by atoms with van der Waals surface area (Å²) in [6, 6.07) is 11.4. The van der Waals surface area contributed by atoms with E-state index < -0.39 is 20.0 Å². The van der Waals surface area contributed by atoms with Gasteiger partial charge in [0, 0.05) is 34.5 Å². The smallest absolute Gasteiger partial charge is 0.263 e. The van der Waals surface area contributed by atoms with E-state index in [2.05, 4.69) is 30.0 Å². The number of carbonyl (C=O) groups excluding carboxylic acids is 2. The first-order valence-electron chi connectivity index (χ1n) is 11.0. The fraction of sp³-hybridized carbons (Fsp3) is 0.0909. The molecule has 0 saturated heterocycles. The Hall–Kier alpha value is -3.16. The summed E-state index contributed by atoms with van der Waals surface area (Å²) < 4.78 is 54.3. The van der Waals surface area contributed by atoms with Crippen LogP contribution in [0.15, 0.2) is 81.5 Å². The molecule has 0 saturated carbocycles. The summed E-state index contributed by atoms with van der Waals surface area (Å²) in [5, 5.41) is 9.15. The van der Waals surface area contributed by atoms with Crippen LogP contribution in [0, 0.1) is 0 Å². The van der Waals surface area contributed by atoms with Gasteiger partial charge in [-0.25, -0.2) is 26.8 Å². The largest absolute Gasteiger partial charge is 0.325 e. The number of aromatic nitrogens is 2. The van der Waals surface area contributed by atoms with Crippen molar-refractivity contribution in [3.8, 4) is 0 Å². The molecule has 0 aliphatic carbocycles. The number of benzene rings is 2. The van der Waals surface area contributed by atoms with Crippen molar-refractivity contribution in [1.82, 2.24) is 9.97 Å². The normalized spacial score (nSPS) is 11.5. The molecule has 18 heteroatoms. The molecule has 12 nitrogen and oxygen atoms in total. The number of nitrogens with one attached hydrogen (secondary N) is 4. The first-order chi connectivity index (χ1) is 19.1. The molecule has 0 atom stereocenters. The number of hydrogen-bond donors (Lipinski definition) is 4. The summed E-state index contributed by atoms with van der Waals surface area (Å²) in [5.41, 5.74) is 0.850. The van der Waals surface area contributed by atoms with Crippen LogP contribution in [0.5, 0.6) is 0 Å². The molecule has 0 radical (unpaired) electrons. The minimum Gasteiger partial charge on any atom is -0.325 e. The van der Waals surface area contributed by atoms with Crippen LogP contribution < -0.4 is 20.1 Å². The van der Waals surface area contributed by atoms with Gasteiger partial charge in [-0.15, -0.1) is 22.7 Å². The number of rotatable bonds is 13.